The normalized spacial score (nSPS) is 16.3. The molecule has 0 atom stereocenters. The first-order valence-corrected chi connectivity index (χ1v) is 12.2. The number of aliphatic imine (C=N–C) groups is 1. The van der Waals surface area contributed by atoms with Gasteiger partial charge in [-0.1, -0.05) is 0 Å². The number of piperidine rings is 1. The number of hydrogen-bond acceptors (Lipinski definition) is 6. The number of carbonyl (C=O) groups is 1. The van der Waals surface area contributed by atoms with E-state index in [2.05, 4.69) is 23.2 Å². The van der Waals surface area contributed by atoms with Gasteiger partial charge in [0, 0.05) is 48.5 Å². The molecule has 2 aliphatic rings. The average Bonchev–Trinajstić information content (AvgIpc) is 3.20. The summed E-state index contributed by atoms with van der Waals surface area (Å²) >= 11 is 0. The first-order chi connectivity index (χ1) is 16.7. The molecule has 7 nitrogen and oxygen atoms in total. The quantitative estimate of drug-likeness (QED) is 0.462. The molecule has 182 valence electrons. The first kappa shape index (κ1) is 23.3. The fourth-order valence-electron chi connectivity index (χ4n) is 4.84. The van der Waals surface area contributed by atoms with Crippen LogP contribution >= 0.6 is 0 Å². The first-order valence-electron chi connectivity index (χ1n) is 12.2. The second kappa shape index (κ2) is 8.95. The van der Waals surface area contributed by atoms with Crippen molar-refractivity contribution >= 4 is 28.5 Å². The number of fused-ring (bicyclic) bond motifs is 2. The zero-order chi connectivity index (χ0) is 24.7. The van der Waals surface area contributed by atoms with Crippen LogP contribution in [0.4, 0.5) is 10.5 Å². The van der Waals surface area contributed by atoms with Crippen molar-refractivity contribution in [3.63, 3.8) is 0 Å². The molecular weight excluding hydrogens is 440 g/mol. The van der Waals surface area contributed by atoms with Gasteiger partial charge in [-0.3, -0.25) is 9.98 Å². The van der Waals surface area contributed by atoms with Crippen LogP contribution in [0.15, 0.2) is 41.4 Å². The van der Waals surface area contributed by atoms with Crippen LogP contribution in [0, 0.1) is 0 Å². The van der Waals surface area contributed by atoms with Gasteiger partial charge < -0.3 is 14.4 Å². The molecular formula is C28H32N4O3. The Morgan fingerprint density at radius 2 is 1.74 bits per heavy atom. The van der Waals surface area contributed by atoms with Gasteiger partial charge in [0.05, 0.1) is 29.5 Å². The lowest BCUT2D eigenvalue weighted by Crippen LogP contribution is -2.41. The molecule has 2 aliphatic heterocycles. The van der Waals surface area contributed by atoms with E-state index in [1.165, 1.54) is 5.56 Å². The minimum absolute atomic E-state index is 0.233. The summed E-state index contributed by atoms with van der Waals surface area (Å²) < 4.78 is 11.2. The van der Waals surface area contributed by atoms with Crippen molar-refractivity contribution in [3.8, 4) is 17.0 Å². The molecule has 1 aromatic carbocycles. The number of methoxy groups -OCH3 is 1. The lowest BCUT2D eigenvalue weighted by atomic mass is 9.93. The third kappa shape index (κ3) is 4.85. The Labute approximate surface area is 206 Å². The number of rotatable bonds is 3. The molecule has 0 spiro atoms. The molecule has 0 saturated carbocycles. The van der Waals surface area contributed by atoms with E-state index in [0.29, 0.717) is 19.0 Å². The minimum Gasteiger partial charge on any atom is -0.496 e. The van der Waals surface area contributed by atoms with E-state index in [-0.39, 0.29) is 6.09 Å². The largest absolute Gasteiger partial charge is 0.496 e. The predicted molar refractivity (Wildman–Crippen MR) is 138 cm³/mol. The van der Waals surface area contributed by atoms with Crippen molar-refractivity contribution in [3.05, 3.63) is 47.7 Å². The van der Waals surface area contributed by atoms with Crippen molar-refractivity contribution in [2.24, 2.45) is 4.99 Å². The molecule has 4 heterocycles. The zero-order valence-corrected chi connectivity index (χ0v) is 21.1. The van der Waals surface area contributed by atoms with Gasteiger partial charge in [0.15, 0.2) is 0 Å². The molecule has 3 aromatic rings. The fraction of sp³-hybridized carbons (Fsp3) is 0.429. The van der Waals surface area contributed by atoms with Crippen molar-refractivity contribution in [1.29, 1.82) is 0 Å². The molecule has 2 aromatic heterocycles. The van der Waals surface area contributed by atoms with Crippen molar-refractivity contribution in [1.82, 2.24) is 14.9 Å². The van der Waals surface area contributed by atoms with Gasteiger partial charge in [-0.15, -0.1) is 0 Å². The molecule has 0 unspecified atom stereocenters. The highest BCUT2D eigenvalue weighted by molar-refractivity contribution is 5.93. The van der Waals surface area contributed by atoms with Crippen LogP contribution in [0.5, 0.6) is 5.75 Å². The summed E-state index contributed by atoms with van der Waals surface area (Å²) in [6.07, 6.45) is 2.37. The summed E-state index contributed by atoms with van der Waals surface area (Å²) in [4.78, 5) is 28.6. The van der Waals surface area contributed by atoms with Crippen LogP contribution in [0.3, 0.4) is 0 Å². The second-order valence-corrected chi connectivity index (χ2v) is 10.4. The lowest BCUT2D eigenvalue weighted by molar-refractivity contribution is 0.0204. The molecule has 0 aliphatic carbocycles. The molecule has 1 saturated heterocycles. The Kier molecular flexibility index (Phi) is 5.95. The van der Waals surface area contributed by atoms with Gasteiger partial charge in [-0.05, 0) is 76.4 Å². The summed E-state index contributed by atoms with van der Waals surface area (Å²) in [5.74, 6) is 1.09. The average molecular weight is 473 g/mol. The third-order valence-electron chi connectivity index (χ3n) is 6.56. The summed E-state index contributed by atoms with van der Waals surface area (Å²) in [6.45, 7) is 9.09. The van der Waals surface area contributed by atoms with Crippen molar-refractivity contribution in [2.75, 3.05) is 20.2 Å². The van der Waals surface area contributed by atoms with Crippen LogP contribution in [0.1, 0.15) is 57.7 Å². The maximum Gasteiger partial charge on any atom is 0.410 e. The number of hydrogen-bond donors (Lipinski definition) is 0. The highest BCUT2D eigenvalue weighted by atomic mass is 16.6. The third-order valence-corrected chi connectivity index (χ3v) is 6.56. The van der Waals surface area contributed by atoms with Gasteiger partial charge in [0.2, 0.25) is 0 Å². The number of ether oxygens (including phenoxy) is 2. The molecule has 0 N–H and O–H groups in total. The molecule has 1 amide bonds. The number of pyridine rings is 2. The van der Waals surface area contributed by atoms with E-state index >= 15 is 0 Å². The summed E-state index contributed by atoms with van der Waals surface area (Å²) in [6, 6.07) is 12.3. The van der Waals surface area contributed by atoms with Crippen LogP contribution in [0.25, 0.3) is 22.3 Å². The number of likely N-dealkylation sites (tertiary alicyclic amines) is 1. The van der Waals surface area contributed by atoms with E-state index < -0.39 is 5.60 Å². The number of benzene rings is 1. The number of nitrogens with zero attached hydrogens (tertiary/aromatic N) is 4. The SMILES string of the molecule is COc1cc2c(cc1-c1ccc3nc(C4CCN(C(=O)OC(C)(C)C)CC4)ccc3n1)CC(C)=N2. The number of carbonyl (C=O) groups excluding carboxylic acids is 1. The Balaban J connectivity index is 1.34. The van der Waals surface area contributed by atoms with Crippen LogP contribution in [0.2, 0.25) is 0 Å². The van der Waals surface area contributed by atoms with E-state index in [0.717, 1.165) is 64.4 Å². The van der Waals surface area contributed by atoms with Gasteiger partial charge in [-0.25, -0.2) is 9.78 Å². The van der Waals surface area contributed by atoms with Crippen molar-refractivity contribution < 1.29 is 14.3 Å². The molecule has 1 fully saturated rings. The van der Waals surface area contributed by atoms with Gasteiger partial charge in [0.1, 0.15) is 11.4 Å². The lowest BCUT2D eigenvalue weighted by Gasteiger charge is -2.33. The van der Waals surface area contributed by atoms with E-state index in [9.17, 15) is 4.79 Å². The number of amides is 1. The van der Waals surface area contributed by atoms with Gasteiger partial charge >= 0.3 is 6.09 Å². The smallest absolute Gasteiger partial charge is 0.410 e. The Hall–Kier alpha value is -3.48. The molecule has 0 radical (unpaired) electrons. The van der Waals surface area contributed by atoms with E-state index in [4.69, 9.17) is 19.4 Å². The molecule has 5 rings (SSSR count). The van der Waals surface area contributed by atoms with Gasteiger partial charge in [0.25, 0.3) is 0 Å². The zero-order valence-electron chi connectivity index (χ0n) is 21.1. The van der Waals surface area contributed by atoms with Crippen LogP contribution in [-0.4, -0.2) is 52.5 Å². The van der Waals surface area contributed by atoms with Crippen molar-refractivity contribution in [2.45, 2.75) is 58.5 Å². The molecule has 0 bridgehead atoms. The topological polar surface area (TPSA) is 76.9 Å². The Morgan fingerprint density at radius 3 is 2.46 bits per heavy atom. The van der Waals surface area contributed by atoms with E-state index in [1.54, 1.807) is 12.0 Å². The van der Waals surface area contributed by atoms with E-state index in [1.807, 2.05) is 45.9 Å². The fourth-order valence-corrected chi connectivity index (χ4v) is 4.84. The maximum absolute atomic E-state index is 12.4. The minimum atomic E-state index is -0.476. The number of aromatic nitrogens is 2. The van der Waals surface area contributed by atoms with Gasteiger partial charge in [-0.2, -0.15) is 0 Å². The summed E-state index contributed by atoms with van der Waals surface area (Å²) in [5.41, 5.74) is 7.43. The summed E-state index contributed by atoms with van der Waals surface area (Å²) in [7, 11) is 1.68. The summed E-state index contributed by atoms with van der Waals surface area (Å²) in [5, 5.41) is 0. The highest BCUT2D eigenvalue weighted by Gasteiger charge is 2.28. The van der Waals surface area contributed by atoms with Crippen LogP contribution in [-0.2, 0) is 11.2 Å². The standard InChI is InChI=1S/C28H32N4O3/c1-17-14-19-15-20(26(34-5)16-25(19)29-17)22-7-9-23-24(31-22)8-6-21(30-23)18-10-12-32(13-11-18)27(33)35-28(2,3)4/h6-9,15-16,18H,10-14H2,1-5H3. The Bertz CT molecular complexity index is 1320. The maximum atomic E-state index is 12.4. The predicted octanol–water partition coefficient (Wildman–Crippen LogP) is 6.07. The molecule has 35 heavy (non-hydrogen) atoms. The monoisotopic (exact) mass is 472 g/mol. The second-order valence-electron chi connectivity index (χ2n) is 10.4. The molecule has 7 heteroatoms. The highest BCUT2D eigenvalue weighted by Crippen LogP contribution is 2.39. The Morgan fingerprint density at radius 1 is 1.03 bits per heavy atom. The van der Waals surface area contributed by atoms with Crippen LogP contribution < -0.4 is 4.74 Å².